The third kappa shape index (κ3) is 4.47. The van der Waals surface area contributed by atoms with Crippen LogP contribution in [0.25, 0.3) is 0 Å². The Kier molecular flexibility index (Phi) is 5.18. The van der Waals surface area contributed by atoms with Crippen LogP contribution in [-0.2, 0) is 14.3 Å². The van der Waals surface area contributed by atoms with Gasteiger partial charge < -0.3 is 19.9 Å². The van der Waals surface area contributed by atoms with Crippen molar-refractivity contribution >= 4 is 5.91 Å². The van der Waals surface area contributed by atoms with Crippen LogP contribution in [0.15, 0.2) is 0 Å². The normalized spacial score (nSPS) is 26.7. The maximum Gasteiger partial charge on any atom is 0.220 e. The smallest absolute Gasteiger partial charge is 0.220 e. The second kappa shape index (κ2) is 6.18. The van der Waals surface area contributed by atoms with Gasteiger partial charge in [-0.05, 0) is 13.3 Å². The molecule has 0 aromatic rings. The van der Waals surface area contributed by atoms with Gasteiger partial charge in [0.2, 0.25) is 5.91 Å². The maximum atomic E-state index is 11.4. The highest BCUT2D eigenvalue weighted by atomic mass is 16.5. The number of carbonyl (C=O) groups is 1. The van der Waals surface area contributed by atoms with Gasteiger partial charge in [0.1, 0.15) is 5.60 Å². The van der Waals surface area contributed by atoms with E-state index in [1.54, 1.807) is 7.11 Å². The largest absolute Gasteiger partial charge is 0.386 e. The molecule has 0 spiro atoms. The van der Waals surface area contributed by atoms with Crippen molar-refractivity contribution in [1.29, 1.82) is 0 Å². The van der Waals surface area contributed by atoms with Crippen molar-refractivity contribution in [1.82, 2.24) is 5.32 Å². The van der Waals surface area contributed by atoms with Gasteiger partial charge >= 0.3 is 0 Å². The molecule has 5 nitrogen and oxygen atoms in total. The molecule has 0 bridgehead atoms. The Morgan fingerprint density at radius 3 is 3.00 bits per heavy atom. The number of amides is 1. The number of rotatable bonds is 6. The van der Waals surface area contributed by atoms with Gasteiger partial charge in [0.25, 0.3) is 0 Å². The molecule has 1 amide bonds. The molecule has 1 aliphatic heterocycles. The second-order valence-corrected chi connectivity index (χ2v) is 4.39. The van der Waals surface area contributed by atoms with E-state index in [1.165, 1.54) is 0 Å². The highest BCUT2D eigenvalue weighted by Gasteiger charge is 2.32. The van der Waals surface area contributed by atoms with Crippen LogP contribution in [0.1, 0.15) is 26.2 Å². The molecule has 0 aliphatic carbocycles. The van der Waals surface area contributed by atoms with Gasteiger partial charge in [-0.2, -0.15) is 0 Å². The number of hydrogen-bond donors (Lipinski definition) is 2. The first-order valence-corrected chi connectivity index (χ1v) is 5.65. The molecule has 0 saturated carbocycles. The van der Waals surface area contributed by atoms with Crippen LogP contribution in [0, 0.1) is 0 Å². The molecule has 0 aromatic heterocycles. The fourth-order valence-corrected chi connectivity index (χ4v) is 1.54. The lowest BCUT2D eigenvalue weighted by atomic mass is 10.0. The molecule has 2 N–H and O–H groups in total. The fraction of sp³-hybridized carbons (Fsp3) is 0.909. The molecule has 1 fully saturated rings. The molecule has 1 rings (SSSR count). The average molecular weight is 231 g/mol. The lowest BCUT2D eigenvalue weighted by Crippen LogP contribution is -2.43. The Hall–Kier alpha value is -0.650. The van der Waals surface area contributed by atoms with Gasteiger partial charge in [0.05, 0.1) is 12.7 Å². The van der Waals surface area contributed by atoms with Crippen LogP contribution in [0.2, 0.25) is 0 Å². The Morgan fingerprint density at radius 1 is 1.69 bits per heavy atom. The quantitative estimate of drug-likeness (QED) is 0.679. The third-order valence-electron chi connectivity index (χ3n) is 2.88. The van der Waals surface area contributed by atoms with Gasteiger partial charge in [-0.15, -0.1) is 0 Å². The molecular weight excluding hydrogens is 210 g/mol. The summed E-state index contributed by atoms with van der Waals surface area (Å²) in [5.41, 5.74) is -0.872. The summed E-state index contributed by atoms with van der Waals surface area (Å²) in [4.78, 5) is 11.4. The number of methoxy groups -OCH3 is 1. The van der Waals surface area contributed by atoms with Crippen molar-refractivity contribution < 1.29 is 19.4 Å². The summed E-state index contributed by atoms with van der Waals surface area (Å²) in [5, 5.41) is 12.6. The third-order valence-corrected chi connectivity index (χ3v) is 2.88. The van der Waals surface area contributed by atoms with E-state index in [4.69, 9.17) is 9.47 Å². The van der Waals surface area contributed by atoms with E-state index in [9.17, 15) is 9.90 Å². The number of hydrogen-bond acceptors (Lipinski definition) is 4. The van der Waals surface area contributed by atoms with E-state index >= 15 is 0 Å². The number of ether oxygens (including phenoxy) is 2. The predicted molar refractivity (Wildman–Crippen MR) is 59.1 cm³/mol. The standard InChI is InChI=1S/C11H21NO4/c1-9(15-2)3-4-10(13)12-7-11(14)5-6-16-8-11/h9,14H,3-8H2,1-2H3,(H,12,13). The molecule has 2 atom stereocenters. The fourth-order valence-electron chi connectivity index (χ4n) is 1.54. The Morgan fingerprint density at radius 2 is 2.44 bits per heavy atom. The van der Waals surface area contributed by atoms with Gasteiger partial charge in [-0.25, -0.2) is 0 Å². The van der Waals surface area contributed by atoms with Crippen LogP contribution >= 0.6 is 0 Å². The summed E-state index contributed by atoms with van der Waals surface area (Å²) in [5.74, 6) is -0.0516. The summed E-state index contributed by atoms with van der Waals surface area (Å²) in [7, 11) is 1.63. The molecule has 94 valence electrons. The van der Waals surface area contributed by atoms with E-state index in [0.717, 1.165) is 0 Å². The maximum absolute atomic E-state index is 11.4. The van der Waals surface area contributed by atoms with Crippen molar-refractivity contribution in [2.24, 2.45) is 0 Å². The molecule has 1 heterocycles. The number of carbonyl (C=O) groups excluding carboxylic acids is 1. The zero-order valence-electron chi connectivity index (χ0n) is 9.99. The average Bonchev–Trinajstić information content (AvgIpc) is 2.71. The molecule has 5 heteroatoms. The monoisotopic (exact) mass is 231 g/mol. The Balaban J connectivity index is 2.14. The van der Waals surface area contributed by atoms with Crippen molar-refractivity contribution in [3.63, 3.8) is 0 Å². The lowest BCUT2D eigenvalue weighted by molar-refractivity contribution is -0.123. The second-order valence-electron chi connectivity index (χ2n) is 4.39. The summed E-state index contributed by atoms with van der Waals surface area (Å²) >= 11 is 0. The van der Waals surface area contributed by atoms with Crippen LogP contribution < -0.4 is 5.32 Å². The van der Waals surface area contributed by atoms with Crippen LogP contribution in [0.5, 0.6) is 0 Å². The van der Waals surface area contributed by atoms with Crippen LogP contribution in [-0.4, -0.2) is 49.6 Å². The highest BCUT2D eigenvalue weighted by molar-refractivity contribution is 5.75. The highest BCUT2D eigenvalue weighted by Crippen LogP contribution is 2.16. The van der Waals surface area contributed by atoms with E-state index in [2.05, 4.69) is 5.32 Å². The Bertz CT molecular complexity index is 226. The molecule has 1 saturated heterocycles. The van der Waals surface area contributed by atoms with Gasteiger partial charge in [-0.3, -0.25) is 4.79 Å². The first kappa shape index (κ1) is 13.4. The minimum atomic E-state index is -0.872. The van der Waals surface area contributed by atoms with Crippen LogP contribution in [0.3, 0.4) is 0 Å². The van der Waals surface area contributed by atoms with Gasteiger partial charge in [0, 0.05) is 33.1 Å². The molecular formula is C11H21NO4. The number of aliphatic hydroxyl groups is 1. The Labute approximate surface area is 96.1 Å². The van der Waals surface area contributed by atoms with Crippen molar-refractivity contribution in [2.45, 2.75) is 37.9 Å². The van der Waals surface area contributed by atoms with Crippen molar-refractivity contribution in [3.8, 4) is 0 Å². The summed E-state index contributed by atoms with van der Waals surface area (Å²) in [6, 6.07) is 0. The zero-order valence-corrected chi connectivity index (χ0v) is 9.99. The van der Waals surface area contributed by atoms with E-state index in [1.807, 2.05) is 6.92 Å². The molecule has 16 heavy (non-hydrogen) atoms. The van der Waals surface area contributed by atoms with Gasteiger partial charge in [-0.1, -0.05) is 0 Å². The lowest BCUT2D eigenvalue weighted by Gasteiger charge is -2.20. The SMILES string of the molecule is COC(C)CCC(=O)NCC1(O)CCOC1. The molecule has 2 unspecified atom stereocenters. The molecule has 0 aromatic carbocycles. The topological polar surface area (TPSA) is 67.8 Å². The van der Waals surface area contributed by atoms with E-state index in [0.29, 0.717) is 32.5 Å². The minimum Gasteiger partial charge on any atom is -0.386 e. The first-order valence-electron chi connectivity index (χ1n) is 5.65. The van der Waals surface area contributed by atoms with Crippen molar-refractivity contribution in [2.75, 3.05) is 26.9 Å². The zero-order chi connectivity index (χ0) is 12.0. The van der Waals surface area contributed by atoms with Gasteiger partial charge in [0.15, 0.2) is 0 Å². The van der Waals surface area contributed by atoms with Crippen LogP contribution in [0.4, 0.5) is 0 Å². The minimum absolute atomic E-state index is 0.0516. The summed E-state index contributed by atoms with van der Waals surface area (Å²) in [6.45, 7) is 3.06. The van der Waals surface area contributed by atoms with E-state index < -0.39 is 5.60 Å². The molecule has 0 radical (unpaired) electrons. The molecule has 1 aliphatic rings. The summed E-state index contributed by atoms with van der Waals surface area (Å²) < 4.78 is 10.1. The first-order chi connectivity index (χ1) is 7.56. The van der Waals surface area contributed by atoms with Crippen molar-refractivity contribution in [3.05, 3.63) is 0 Å². The summed E-state index contributed by atoms with van der Waals surface area (Å²) in [6.07, 6.45) is 1.79. The number of nitrogens with one attached hydrogen (secondary N) is 1. The predicted octanol–water partition coefficient (Wildman–Crippen LogP) is 0.0691. The van der Waals surface area contributed by atoms with E-state index in [-0.39, 0.29) is 18.6 Å².